The molecule has 1 N–H and O–H groups in total. The van der Waals surface area contributed by atoms with Crippen molar-refractivity contribution in [2.24, 2.45) is 5.16 Å². The Bertz CT molecular complexity index is 1240. The molecule has 2 atom stereocenters. The quantitative estimate of drug-likeness (QED) is 0.403. The lowest BCUT2D eigenvalue weighted by atomic mass is 9.86. The van der Waals surface area contributed by atoms with E-state index in [9.17, 15) is 18.0 Å². The van der Waals surface area contributed by atoms with Gasteiger partial charge in [0.25, 0.3) is 11.5 Å². The predicted octanol–water partition coefficient (Wildman–Crippen LogP) is 6.97. The van der Waals surface area contributed by atoms with Crippen LogP contribution in [0.5, 0.6) is 0 Å². The molecule has 5 nitrogen and oxygen atoms in total. The summed E-state index contributed by atoms with van der Waals surface area (Å²) in [4.78, 5) is 17.7. The van der Waals surface area contributed by atoms with Gasteiger partial charge in [0.1, 0.15) is 5.76 Å². The highest BCUT2D eigenvalue weighted by atomic mass is 35.5. The fraction of sp³-hybridized carbons (Fsp3) is 0.250. The minimum atomic E-state index is -4.79. The van der Waals surface area contributed by atoms with Crippen molar-refractivity contribution in [2.45, 2.75) is 38.1 Å². The summed E-state index contributed by atoms with van der Waals surface area (Å²) in [5, 5.41) is 6.70. The van der Waals surface area contributed by atoms with E-state index in [4.69, 9.17) is 32.5 Å². The normalized spacial score (nSPS) is 18.9. The van der Waals surface area contributed by atoms with E-state index in [1.807, 2.05) is 0 Å². The van der Waals surface area contributed by atoms with Crippen LogP contribution in [0.15, 0.2) is 64.4 Å². The molecule has 0 bridgehead atoms. The second-order valence-electron chi connectivity index (χ2n) is 8.03. The summed E-state index contributed by atoms with van der Waals surface area (Å²) in [7, 11) is 0. The van der Waals surface area contributed by atoms with Crippen molar-refractivity contribution >= 4 is 34.8 Å². The molecule has 0 fully saturated rings. The van der Waals surface area contributed by atoms with Crippen LogP contribution >= 0.6 is 23.2 Å². The molecule has 2 unspecified atom stereocenters. The Balaban J connectivity index is 1.58. The van der Waals surface area contributed by atoms with Gasteiger partial charge in [0, 0.05) is 27.6 Å². The van der Waals surface area contributed by atoms with E-state index in [0.29, 0.717) is 22.5 Å². The van der Waals surface area contributed by atoms with E-state index in [2.05, 4.69) is 10.5 Å². The lowest BCUT2D eigenvalue weighted by Gasteiger charge is -2.29. The Morgan fingerprint density at radius 3 is 2.44 bits per heavy atom. The van der Waals surface area contributed by atoms with Gasteiger partial charge in [-0.3, -0.25) is 4.79 Å². The predicted molar refractivity (Wildman–Crippen MR) is 122 cm³/mol. The number of nitrogens with zero attached hydrogens (tertiary/aromatic N) is 1. The minimum Gasteiger partial charge on any atom is -0.467 e. The fourth-order valence-electron chi connectivity index (χ4n) is 3.83. The third-order valence-electron chi connectivity index (χ3n) is 5.64. The van der Waals surface area contributed by atoms with Crippen molar-refractivity contribution < 1.29 is 27.2 Å². The van der Waals surface area contributed by atoms with Crippen LogP contribution in [0.4, 0.5) is 13.2 Å². The first-order valence-electron chi connectivity index (χ1n) is 10.2. The zero-order valence-electron chi connectivity index (χ0n) is 18.0. The number of amides is 1. The number of hydrogen-bond donors (Lipinski definition) is 1. The van der Waals surface area contributed by atoms with Gasteiger partial charge < -0.3 is 14.6 Å². The number of alkyl halides is 3. The van der Waals surface area contributed by atoms with E-state index < -0.39 is 18.2 Å². The molecule has 178 valence electrons. The molecule has 1 aliphatic heterocycles. The summed E-state index contributed by atoms with van der Waals surface area (Å²) in [5.41, 5.74) is -1.51. The van der Waals surface area contributed by atoms with Crippen molar-refractivity contribution in [1.82, 2.24) is 5.32 Å². The smallest absolute Gasteiger partial charge is 0.435 e. The lowest BCUT2D eigenvalue weighted by molar-refractivity contribution is -0.275. The molecule has 0 spiro atoms. The average Bonchev–Trinajstić information content (AvgIpc) is 3.43. The Labute approximate surface area is 203 Å². The van der Waals surface area contributed by atoms with Crippen molar-refractivity contribution in [1.29, 1.82) is 0 Å². The van der Waals surface area contributed by atoms with Crippen molar-refractivity contribution in [3.63, 3.8) is 0 Å². The van der Waals surface area contributed by atoms with E-state index in [-0.39, 0.29) is 33.3 Å². The third-order valence-corrected chi connectivity index (χ3v) is 6.07. The maximum absolute atomic E-state index is 14.2. The number of carbonyl (C=O) groups is 1. The zero-order valence-corrected chi connectivity index (χ0v) is 19.6. The Kier molecular flexibility index (Phi) is 6.40. The molecule has 34 heavy (non-hydrogen) atoms. The van der Waals surface area contributed by atoms with Crippen molar-refractivity contribution in [3.05, 3.63) is 92.9 Å². The molecule has 10 heteroatoms. The fourth-order valence-corrected chi connectivity index (χ4v) is 4.35. The molecular weight excluding hydrogens is 492 g/mol. The van der Waals surface area contributed by atoms with Gasteiger partial charge in [0.15, 0.2) is 0 Å². The Morgan fingerprint density at radius 1 is 1.15 bits per heavy atom. The van der Waals surface area contributed by atoms with E-state index in [1.54, 1.807) is 44.2 Å². The van der Waals surface area contributed by atoms with Crippen molar-refractivity contribution in [2.75, 3.05) is 0 Å². The van der Waals surface area contributed by atoms with E-state index >= 15 is 0 Å². The number of aryl methyl sites for hydroxylation is 1. The van der Waals surface area contributed by atoms with Gasteiger partial charge in [-0.2, -0.15) is 13.2 Å². The van der Waals surface area contributed by atoms with Crippen LogP contribution in [0.3, 0.4) is 0 Å². The maximum atomic E-state index is 14.2. The molecule has 1 amide bonds. The topological polar surface area (TPSA) is 63.8 Å². The van der Waals surface area contributed by atoms with Crippen LogP contribution in [-0.4, -0.2) is 17.8 Å². The molecule has 0 saturated carbocycles. The SMILES string of the molecule is Cc1cc(C2=NOC(c3cc(Cl)cc(Cl)c3)(C(F)(F)F)C2)ccc1C(=O)NC(C)c1ccco1. The first-order valence-corrected chi connectivity index (χ1v) is 11.0. The highest BCUT2D eigenvalue weighted by molar-refractivity contribution is 6.34. The summed E-state index contributed by atoms with van der Waals surface area (Å²) >= 11 is 11.9. The van der Waals surface area contributed by atoms with Gasteiger partial charge in [-0.1, -0.05) is 34.4 Å². The van der Waals surface area contributed by atoms with Gasteiger partial charge in [-0.25, -0.2) is 0 Å². The molecule has 4 rings (SSSR count). The number of oxime groups is 1. The van der Waals surface area contributed by atoms with E-state index in [0.717, 1.165) is 12.1 Å². The number of nitrogens with one attached hydrogen (secondary N) is 1. The standard InChI is InChI=1S/C24H19Cl2F3N2O3/c1-13-8-15(5-6-19(13)22(32)30-14(2)21-4-3-7-33-21)20-12-23(34-31-20,24(27,28)29)16-9-17(25)11-18(26)10-16/h3-11,14H,12H2,1-2H3,(H,30,32). The number of halogens is 5. The monoisotopic (exact) mass is 510 g/mol. The molecular formula is C24H19Cl2F3N2O3. The highest BCUT2D eigenvalue weighted by Gasteiger charge is 2.62. The first-order chi connectivity index (χ1) is 16.0. The number of benzene rings is 2. The summed E-state index contributed by atoms with van der Waals surface area (Å²) in [6, 6.07) is 11.5. The van der Waals surface area contributed by atoms with Gasteiger partial charge in [0.2, 0.25) is 0 Å². The van der Waals surface area contributed by atoms with Crippen LogP contribution in [0, 0.1) is 6.92 Å². The van der Waals surface area contributed by atoms with Gasteiger partial charge >= 0.3 is 6.18 Å². The van der Waals surface area contributed by atoms with Crippen LogP contribution in [0.25, 0.3) is 0 Å². The number of carbonyl (C=O) groups excluding carboxylic acids is 1. The second-order valence-corrected chi connectivity index (χ2v) is 8.90. The van der Waals surface area contributed by atoms with Gasteiger partial charge in [0.05, 0.1) is 18.0 Å². The molecule has 0 saturated heterocycles. The molecule has 1 aliphatic rings. The van der Waals surface area contributed by atoms with Gasteiger partial charge in [-0.05, 0) is 67.4 Å². The largest absolute Gasteiger partial charge is 0.467 e. The van der Waals surface area contributed by atoms with Crippen LogP contribution in [-0.2, 0) is 10.4 Å². The number of furan rings is 1. The van der Waals surface area contributed by atoms with Gasteiger partial charge in [-0.15, -0.1) is 0 Å². The van der Waals surface area contributed by atoms with Crippen LogP contribution < -0.4 is 5.32 Å². The molecule has 2 heterocycles. The lowest BCUT2D eigenvalue weighted by Crippen LogP contribution is -2.42. The summed E-state index contributed by atoms with van der Waals surface area (Å²) in [6.07, 6.45) is -3.85. The molecule has 3 aromatic rings. The molecule has 0 radical (unpaired) electrons. The minimum absolute atomic E-state index is 0.0539. The van der Waals surface area contributed by atoms with E-state index in [1.165, 1.54) is 12.3 Å². The summed E-state index contributed by atoms with van der Waals surface area (Å²) in [5.74, 6) is 0.264. The second kappa shape index (κ2) is 9.00. The first kappa shape index (κ1) is 24.2. The molecule has 2 aromatic carbocycles. The van der Waals surface area contributed by atoms with Crippen molar-refractivity contribution in [3.8, 4) is 0 Å². The zero-order chi connectivity index (χ0) is 24.7. The number of hydrogen-bond acceptors (Lipinski definition) is 4. The Morgan fingerprint density at radius 2 is 1.85 bits per heavy atom. The molecule has 0 aliphatic carbocycles. The number of rotatable bonds is 5. The summed E-state index contributed by atoms with van der Waals surface area (Å²) in [6.45, 7) is 3.48. The highest BCUT2D eigenvalue weighted by Crippen LogP contribution is 2.49. The van der Waals surface area contributed by atoms with Crippen LogP contribution in [0.1, 0.15) is 52.2 Å². The third kappa shape index (κ3) is 4.52. The average molecular weight is 511 g/mol. The maximum Gasteiger partial charge on any atom is 0.435 e. The van der Waals surface area contributed by atoms with Crippen LogP contribution in [0.2, 0.25) is 10.0 Å². The summed E-state index contributed by atoms with van der Waals surface area (Å²) < 4.78 is 47.9. The Hall–Kier alpha value is -2.97. The molecule has 1 aromatic heterocycles.